The number of hydrogen-bond acceptors (Lipinski definition) is 3. The fourth-order valence-corrected chi connectivity index (χ4v) is 1.98. The van der Waals surface area contributed by atoms with E-state index < -0.39 is 0 Å². The van der Waals surface area contributed by atoms with E-state index in [4.69, 9.17) is 4.74 Å². The molecule has 1 amide bonds. The van der Waals surface area contributed by atoms with Crippen LogP contribution in [0.2, 0.25) is 0 Å². The van der Waals surface area contributed by atoms with E-state index in [2.05, 4.69) is 22.1 Å². The summed E-state index contributed by atoms with van der Waals surface area (Å²) < 4.78 is 5.18. The molecule has 1 saturated heterocycles. The Labute approximate surface area is 97.3 Å². The zero-order valence-corrected chi connectivity index (χ0v) is 10.1. The number of carbonyl (C=O) groups excluding carboxylic acids is 1. The van der Waals surface area contributed by atoms with Crippen LogP contribution in [0.1, 0.15) is 19.3 Å². The fraction of sp³-hybridized carbons (Fsp3) is 0.750. The molecule has 0 bridgehead atoms. The maximum atomic E-state index is 10.9. The molecule has 4 heteroatoms. The highest BCUT2D eigenvalue weighted by Crippen LogP contribution is 2.17. The molecular formula is C12H20N2O2. The molecule has 0 saturated carbocycles. The summed E-state index contributed by atoms with van der Waals surface area (Å²) in [5, 5.41) is 2.48. The Hall–Kier alpha value is -1.05. The lowest BCUT2D eigenvalue weighted by Crippen LogP contribution is -2.33. The van der Waals surface area contributed by atoms with Crippen LogP contribution in [0.5, 0.6) is 0 Å². The van der Waals surface area contributed by atoms with Gasteiger partial charge in [-0.1, -0.05) is 5.92 Å². The van der Waals surface area contributed by atoms with E-state index >= 15 is 0 Å². The molecule has 90 valence electrons. The van der Waals surface area contributed by atoms with Crippen molar-refractivity contribution in [3.63, 3.8) is 0 Å². The first-order chi connectivity index (χ1) is 7.77. The predicted octanol–water partition coefficient (Wildman–Crippen LogP) is 0.237. The number of carbonyl (C=O) groups is 1. The van der Waals surface area contributed by atoms with Crippen LogP contribution in [0.15, 0.2) is 0 Å². The Balaban J connectivity index is 2.25. The molecule has 0 unspecified atom stereocenters. The molecular weight excluding hydrogens is 204 g/mol. The van der Waals surface area contributed by atoms with E-state index in [0.717, 1.165) is 26.1 Å². The molecule has 0 radical (unpaired) electrons. The minimum atomic E-state index is -0.213. The molecule has 1 aliphatic heterocycles. The first-order valence-corrected chi connectivity index (χ1v) is 5.71. The molecule has 0 spiro atoms. The monoisotopic (exact) mass is 224 g/mol. The van der Waals surface area contributed by atoms with E-state index in [-0.39, 0.29) is 5.91 Å². The summed E-state index contributed by atoms with van der Waals surface area (Å²) in [5.74, 6) is 5.21. The van der Waals surface area contributed by atoms with Gasteiger partial charge in [0.25, 0.3) is 5.91 Å². The van der Waals surface area contributed by atoms with Gasteiger partial charge in [-0.05, 0) is 25.3 Å². The molecule has 1 aliphatic rings. The second-order valence-electron chi connectivity index (χ2n) is 3.92. The number of ether oxygens (including phenoxy) is 1. The molecule has 1 fully saturated rings. The standard InChI is InChI=1S/C12H20N2O2/c1-13-12(15)7-3-4-8-14-9-5-6-11(14)10-16-2/h11H,4-6,8-10H2,1-2H3,(H,13,15)/t11-/m1/s1. The first kappa shape index (κ1) is 13.0. The summed E-state index contributed by atoms with van der Waals surface area (Å²) in [5.41, 5.74) is 0. The van der Waals surface area contributed by atoms with E-state index in [1.807, 2.05) is 0 Å². The van der Waals surface area contributed by atoms with Crippen LogP contribution in [0.4, 0.5) is 0 Å². The van der Waals surface area contributed by atoms with Crippen molar-refractivity contribution in [1.29, 1.82) is 0 Å². The lowest BCUT2D eigenvalue weighted by atomic mass is 10.2. The van der Waals surface area contributed by atoms with E-state index in [1.165, 1.54) is 12.8 Å². The van der Waals surface area contributed by atoms with Crippen LogP contribution < -0.4 is 5.32 Å². The van der Waals surface area contributed by atoms with Gasteiger partial charge in [-0.25, -0.2) is 0 Å². The number of nitrogens with one attached hydrogen (secondary N) is 1. The number of methoxy groups -OCH3 is 1. The molecule has 1 heterocycles. The normalized spacial score (nSPS) is 20.2. The lowest BCUT2D eigenvalue weighted by molar-refractivity contribution is -0.115. The van der Waals surface area contributed by atoms with Crippen molar-refractivity contribution in [2.75, 3.05) is 33.9 Å². The highest BCUT2D eigenvalue weighted by molar-refractivity contribution is 5.93. The zero-order chi connectivity index (χ0) is 11.8. The fourth-order valence-electron chi connectivity index (χ4n) is 1.98. The number of hydrogen-bond donors (Lipinski definition) is 1. The van der Waals surface area contributed by atoms with Crippen molar-refractivity contribution in [2.24, 2.45) is 0 Å². The van der Waals surface area contributed by atoms with Crippen LogP contribution in [-0.4, -0.2) is 50.7 Å². The summed E-state index contributed by atoms with van der Waals surface area (Å²) in [4.78, 5) is 13.2. The van der Waals surface area contributed by atoms with Crippen LogP contribution in [0.25, 0.3) is 0 Å². The number of amides is 1. The van der Waals surface area contributed by atoms with Gasteiger partial charge >= 0.3 is 0 Å². The van der Waals surface area contributed by atoms with Gasteiger partial charge in [0.1, 0.15) is 0 Å². The lowest BCUT2D eigenvalue weighted by Gasteiger charge is -2.22. The summed E-state index contributed by atoms with van der Waals surface area (Å²) >= 11 is 0. The van der Waals surface area contributed by atoms with Crippen LogP contribution >= 0.6 is 0 Å². The second kappa shape index (κ2) is 7.26. The van der Waals surface area contributed by atoms with Crippen molar-refractivity contribution in [2.45, 2.75) is 25.3 Å². The predicted molar refractivity (Wildman–Crippen MR) is 62.9 cm³/mol. The summed E-state index contributed by atoms with van der Waals surface area (Å²) in [7, 11) is 3.33. The largest absolute Gasteiger partial charge is 0.383 e. The summed E-state index contributed by atoms with van der Waals surface area (Å²) in [6.07, 6.45) is 3.18. The van der Waals surface area contributed by atoms with Gasteiger partial charge in [0.15, 0.2) is 0 Å². The number of nitrogens with zero attached hydrogens (tertiary/aromatic N) is 1. The Morgan fingerprint density at radius 1 is 1.62 bits per heavy atom. The van der Waals surface area contributed by atoms with Crippen molar-refractivity contribution in [1.82, 2.24) is 10.2 Å². The average molecular weight is 224 g/mol. The SMILES string of the molecule is CNC(=O)C#CCCN1CCC[C@@H]1COC. The average Bonchev–Trinajstić information content (AvgIpc) is 2.72. The summed E-state index contributed by atoms with van der Waals surface area (Å²) in [6.45, 7) is 2.84. The number of likely N-dealkylation sites (tertiary alicyclic amines) is 1. The van der Waals surface area contributed by atoms with Gasteiger partial charge in [-0.2, -0.15) is 0 Å². The van der Waals surface area contributed by atoms with Gasteiger partial charge < -0.3 is 10.1 Å². The Morgan fingerprint density at radius 3 is 3.12 bits per heavy atom. The Bertz CT molecular complexity index is 280. The van der Waals surface area contributed by atoms with Crippen LogP contribution in [0.3, 0.4) is 0 Å². The van der Waals surface area contributed by atoms with Gasteiger partial charge in [0.2, 0.25) is 0 Å². The maximum Gasteiger partial charge on any atom is 0.295 e. The molecule has 0 aromatic carbocycles. The minimum absolute atomic E-state index is 0.213. The van der Waals surface area contributed by atoms with Gasteiger partial charge in [-0.15, -0.1) is 0 Å². The maximum absolute atomic E-state index is 10.9. The smallest absolute Gasteiger partial charge is 0.295 e. The van der Waals surface area contributed by atoms with E-state index in [1.54, 1.807) is 14.2 Å². The molecule has 1 atom stereocenters. The number of rotatable bonds is 4. The first-order valence-electron chi connectivity index (χ1n) is 5.71. The van der Waals surface area contributed by atoms with Crippen LogP contribution in [-0.2, 0) is 9.53 Å². The van der Waals surface area contributed by atoms with Gasteiger partial charge in [0, 0.05) is 33.2 Å². The van der Waals surface area contributed by atoms with E-state index in [0.29, 0.717) is 6.04 Å². The topological polar surface area (TPSA) is 41.6 Å². The molecule has 0 aromatic heterocycles. The molecule has 1 rings (SSSR count). The van der Waals surface area contributed by atoms with Crippen molar-refractivity contribution >= 4 is 5.91 Å². The highest BCUT2D eigenvalue weighted by atomic mass is 16.5. The Morgan fingerprint density at radius 2 is 2.44 bits per heavy atom. The van der Waals surface area contributed by atoms with E-state index in [9.17, 15) is 4.79 Å². The third kappa shape index (κ3) is 4.21. The Kier molecular flexibility index (Phi) is 5.91. The molecule has 0 aromatic rings. The van der Waals surface area contributed by atoms with Crippen molar-refractivity contribution in [3.05, 3.63) is 0 Å². The van der Waals surface area contributed by atoms with Crippen molar-refractivity contribution < 1.29 is 9.53 Å². The third-order valence-electron chi connectivity index (χ3n) is 2.81. The molecule has 16 heavy (non-hydrogen) atoms. The second-order valence-corrected chi connectivity index (χ2v) is 3.92. The summed E-state index contributed by atoms with van der Waals surface area (Å²) in [6, 6.07) is 0.534. The van der Waals surface area contributed by atoms with Crippen LogP contribution in [0, 0.1) is 11.8 Å². The van der Waals surface area contributed by atoms with Gasteiger partial charge in [0.05, 0.1) is 6.61 Å². The third-order valence-corrected chi connectivity index (χ3v) is 2.81. The molecule has 4 nitrogen and oxygen atoms in total. The van der Waals surface area contributed by atoms with Gasteiger partial charge in [-0.3, -0.25) is 9.69 Å². The zero-order valence-electron chi connectivity index (χ0n) is 10.1. The minimum Gasteiger partial charge on any atom is -0.383 e. The van der Waals surface area contributed by atoms with Crippen molar-refractivity contribution in [3.8, 4) is 11.8 Å². The molecule has 0 aliphatic carbocycles. The highest BCUT2D eigenvalue weighted by Gasteiger charge is 2.23. The quantitative estimate of drug-likeness (QED) is 0.695. The molecule has 1 N–H and O–H groups in total.